The Bertz CT molecular complexity index is 197. The second-order valence-corrected chi connectivity index (χ2v) is 5.87. The van der Waals surface area contributed by atoms with E-state index in [1.807, 2.05) is 13.8 Å². The van der Waals surface area contributed by atoms with E-state index in [9.17, 15) is 4.79 Å². The quantitative estimate of drug-likeness (QED) is 0.672. The molecule has 84 valence electrons. The molecule has 2 nitrogen and oxygen atoms in total. The molecule has 0 rings (SSSR count). The van der Waals surface area contributed by atoms with Crippen molar-refractivity contribution in [3.63, 3.8) is 0 Å². The Kier molecular flexibility index (Phi) is 4.99. The zero-order chi connectivity index (χ0) is 11.4. The Morgan fingerprint density at radius 3 is 1.93 bits per heavy atom. The molecule has 0 aliphatic rings. The SMILES string of the molecule is CC(C)(CS)CCC(C)(C)CC(=O)O. The predicted molar refractivity (Wildman–Crippen MR) is 62.9 cm³/mol. The van der Waals surface area contributed by atoms with Gasteiger partial charge in [0.05, 0.1) is 6.42 Å². The molecular formula is C11H22O2S. The van der Waals surface area contributed by atoms with E-state index in [1.165, 1.54) is 0 Å². The summed E-state index contributed by atoms with van der Waals surface area (Å²) in [4.78, 5) is 10.6. The third kappa shape index (κ3) is 6.30. The van der Waals surface area contributed by atoms with Gasteiger partial charge in [0.1, 0.15) is 0 Å². The molecule has 0 radical (unpaired) electrons. The van der Waals surface area contributed by atoms with E-state index in [0.717, 1.165) is 18.6 Å². The lowest BCUT2D eigenvalue weighted by Crippen LogP contribution is -2.21. The summed E-state index contributed by atoms with van der Waals surface area (Å²) in [5, 5.41) is 8.72. The second kappa shape index (κ2) is 5.06. The van der Waals surface area contributed by atoms with Gasteiger partial charge in [-0.25, -0.2) is 0 Å². The van der Waals surface area contributed by atoms with E-state index < -0.39 is 5.97 Å². The van der Waals surface area contributed by atoms with Gasteiger partial charge in [0, 0.05) is 0 Å². The summed E-state index contributed by atoms with van der Waals surface area (Å²) in [6.07, 6.45) is 2.21. The highest BCUT2D eigenvalue weighted by atomic mass is 32.1. The standard InChI is InChI=1S/C11H22O2S/c1-10(2,7-9(12)13)5-6-11(3,4)8-14/h14H,5-8H2,1-4H3,(H,12,13). The molecule has 14 heavy (non-hydrogen) atoms. The molecule has 0 aromatic rings. The third-order valence-electron chi connectivity index (χ3n) is 2.54. The second-order valence-electron chi connectivity index (χ2n) is 5.56. The van der Waals surface area contributed by atoms with Gasteiger partial charge >= 0.3 is 5.97 Å². The van der Waals surface area contributed by atoms with E-state index in [-0.39, 0.29) is 17.3 Å². The fourth-order valence-electron chi connectivity index (χ4n) is 1.25. The van der Waals surface area contributed by atoms with Crippen molar-refractivity contribution < 1.29 is 9.90 Å². The lowest BCUT2D eigenvalue weighted by Gasteiger charge is -2.29. The Hall–Kier alpha value is -0.180. The highest BCUT2D eigenvalue weighted by Crippen LogP contribution is 2.33. The Labute approximate surface area is 92.5 Å². The van der Waals surface area contributed by atoms with Crippen molar-refractivity contribution in [2.45, 2.75) is 47.0 Å². The van der Waals surface area contributed by atoms with E-state index in [4.69, 9.17) is 5.11 Å². The molecule has 3 heteroatoms. The van der Waals surface area contributed by atoms with E-state index in [2.05, 4.69) is 26.5 Å². The van der Waals surface area contributed by atoms with Crippen molar-refractivity contribution >= 4 is 18.6 Å². The number of carboxylic acids is 1. The summed E-state index contributed by atoms with van der Waals surface area (Å²) in [5.74, 6) is 0.134. The van der Waals surface area contributed by atoms with Crippen LogP contribution in [0.25, 0.3) is 0 Å². The number of rotatable bonds is 6. The van der Waals surface area contributed by atoms with Gasteiger partial charge in [-0.05, 0) is 29.4 Å². The molecule has 0 heterocycles. The minimum Gasteiger partial charge on any atom is -0.481 e. The number of thiol groups is 1. The van der Waals surface area contributed by atoms with Gasteiger partial charge in [-0.3, -0.25) is 4.79 Å². The van der Waals surface area contributed by atoms with Crippen LogP contribution in [-0.2, 0) is 4.79 Å². The van der Waals surface area contributed by atoms with Crippen LogP contribution in [0.3, 0.4) is 0 Å². The minimum absolute atomic E-state index is 0.105. The number of carbonyl (C=O) groups is 1. The summed E-state index contributed by atoms with van der Waals surface area (Å²) in [6.45, 7) is 8.35. The molecule has 0 amide bonds. The fraction of sp³-hybridized carbons (Fsp3) is 0.909. The van der Waals surface area contributed by atoms with E-state index >= 15 is 0 Å². The molecule has 0 spiro atoms. The first kappa shape index (κ1) is 13.8. The number of hydrogen-bond donors (Lipinski definition) is 2. The third-order valence-corrected chi connectivity index (χ3v) is 3.39. The van der Waals surface area contributed by atoms with Crippen LogP contribution >= 0.6 is 12.6 Å². The van der Waals surface area contributed by atoms with Gasteiger partial charge < -0.3 is 5.11 Å². The molecule has 0 aromatic carbocycles. The van der Waals surface area contributed by atoms with Crippen molar-refractivity contribution in [1.29, 1.82) is 0 Å². The maximum atomic E-state index is 10.6. The molecule has 0 saturated heterocycles. The maximum absolute atomic E-state index is 10.6. The Morgan fingerprint density at radius 1 is 1.14 bits per heavy atom. The van der Waals surface area contributed by atoms with Crippen LogP contribution in [0.1, 0.15) is 47.0 Å². The Morgan fingerprint density at radius 2 is 1.57 bits per heavy atom. The molecule has 0 aromatic heterocycles. The van der Waals surface area contributed by atoms with Crippen LogP contribution in [0.4, 0.5) is 0 Å². The first-order chi connectivity index (χ1) is 6.18. The van der Waals surface area contributed by atoms with Crippen molar-refractivity contribution in [3.8, 4) is 0 Å². The maximum Gasteiger partial charge on any atom is 0.303 e. The molecular weight excluding hydrogens is 196 g/mol. The van der Waals surface area contributed by atoms with Crippen LogP contribution in [0.15, 0.2) is 0 Å². The van der Waals surface area contributed by atoms with Crippen LogP contribution in [-0.4, -0.2) is 16.8 Å². The zero-order valence-electron chi connectivity index (χ0n) is 9.63. The number of carboxylic acid groups (broad SMARTS) is 1. The van der Waals surface area contributed by atoms with Crippen LogP contribution in [0, 0.1) is 10.8 Å². The van der Waals surface area contributed by atoms with Crippen molar-refractivity contribution in [1.82, 2.24) is 0 Å². The molecule has 1 N–H and O–H groups in total. The van der Waals surface area contributed by atoms with Gasteiger partial charge in [0.25, 0.3) is 0 Å². The normalized spacial score (nSPS) is 12.9. The van der Waals surface area contributed by atoms with Crippen LogP contribution in [0.5, 0.6) is 0 Å². The lowest BCUT2D eigenvalue weighted by molar-refractivity contribution is -0.139. The highest BCUT2D eigenvalue weighted by Gasteiger charge is 2.25. The molecule has 0 bridgehead atoms. The molecule has 0 aliphatic heterocycles. The molecule has 0 saturated carbocycles. The highest BCUT2D eigenvalue weighted by molar-refractivity contribution is 7.80. The van der Waals surface area contributed by atoms with Gasteiger partial charge in [-0.2, -0.15) is 12.6 Å². The Balaban J connectivity index is 4.04. The van der Waals surface area contributed by atoms with Crippen molar-refractivity contribution in [2.24, 2.45) is 10.8 Å². The predicted octanol–water partition coefficient (Wildman–Crippen LogP) is 3.22. The summed E-state index contributed by atoms with van der Waals surface area (Å²) in [6, 6.07) is 0. The smallest absolute Gasteiger partial charge is 0.303 e. The zero-order valence-corrected chi connectivity index (χ0v) is 10.5. The number of hydrogen-bond acceptors (Lipinski definition) is 2. The van der Waals surface area contributed by atoms with Crippen molar-refractivity contribution in [3.05, 3.63) is 0 Å². The van der Waals surface area contributed by atoms with Gasteiger partial charge in [-0.1, -0.05) is 27.7 Å². The molecule has 0 aliphatic carbocycles. The van der Waals surface area contributed by atoms with E-state index in [1.54, 1.807) is 0 Å². The van der Waals surface area contributed by atoms with Gasteiger partial charge in [0.15, 0.2) is 0 Å². The molecule has 0 unspecified atom stereocenters. The summed E-state index contributed by atoms with van der Waals surface area (Å²) < 4.78 is 0. The molecule has 0 atom stereocenters. The topological polar surface area (TPSA) is 37.3 Å². The van der Waals surface area contributed by atoms with Gasteiger partial charge in [-0.15, -0.1) is 0 Å². The first-order valence-corrected chi connectivity index (χ1v) is 5.64. The van der Waals surface area contributed by atoms with Crippen LogP contribution in [0.2, 0.25) is 0 Å². The first-order valence-electron chi connectivity index (χ1n) is 5.01. The summed E-state index contributed by atoms with van der Waals surface area (Å²) in [5.41, 5.74) is 0.102. The summed E-state index contributed by atoms with van der Waals surface area (Å²) in [7, 11) is 0. The van der Waals surface area contributed by atoms with E-state index in [0.29, 0.717) is 0 Å². The average molecular weight is 218 g/mol. The minimum atomic E-state index is -0.710. The van der Waals surface area contributed by atoms with Gasteiger partial charge in [0.2, 0.25) is 0 Å². The van der Waals surface area contributed by atoms with Crippen molar-refractivity contribution in [2.75, 3.05) is 5.75 Å². The lowest BCUT2D eigenvalue weighted by atomic mass is 9.78. The largest absolute Gasteiger partial charge is 0.481 e. The average Bonchev–Trinajstić information content (AvgIpc) is 1.99. The fourth-order valence-corrected chi connectivity index (χ4v) is 1.41. The summed E-state index contributed by atoms with van der Waals surface area (Å²) >= 11 is 4.28. The monoisotopic (exact) mass is 218 g/mol. The number of aliphatic carboxylic acids is 1. The van der Waals surface area contributed by atoms with Crippen LogP contribution < -0.4 is 0 Å². The molecule has 0 fully saturated rings.